The zero-order valence-corrected chi connectivity index (χ0v) is 43.4. The van der Waals surface area contributed by atoms with Gasteiger partial charge in [0.2, 0.25) is 11.8 Å². The first-order valence-electron chi connectivity index (χ1n) is 25.6. The Morgan fingerprint density at radius 2 is 1.12 bits per heavy atom. The normalized spacial score (nSPS) is 18.4. The fourth-order valence-corrected chi connectivity index (χ4v) is 8.30. The molecule has 2 bridgehead atoms. The number of carbonyl (C=O) groups excluding carboxylic acids is 6. The van der Waals surface area contributed by atoms with Gasteiger partial charge in [0, 0.05) is 55.5 Å². The summed E-state index contributed by atoms with van der Waals surface area (Å²) in [5.74, 6) is -1.86. The highest BCUT2D eigenvalue weighted by molar-refractivity contribution is 6.14. The zero-order valence-electron chi connectivity index (χ0n) is 43.4. The van der Waals surface area contributed by atoms with Crippen molar-refractivity contribution in [3.05, 3.63) is 41.2 Å². The van der Waals surface area contributed by atoms with E-state index in [4.69, 9.17) is 57.9 Å². The van der Waals surface area contributed by atoms with Gasteiger partial charge in [0.25, 0.3) is 23.6 Å². The molecule has 2 aliphatic heterocycles. The summed E-state index contributed by atoms with van der Waals surface area (Å²) >= 11 is 0. The molecule has 6 rings (SSSR count). The monoisotopic (exact) mass is 1060 g/mol. The Hall–Kier alpha value is -5.32. The highest BCUT2D eigenvalue weighted by Gasteiger charge is 2.72. The number of carbonyl (C=O) groups is 6. The van der Waals surface area contributed by atoms with Gasteiger partial charge in [0.15, 0.2) is 0 Å². The Labute approximate surface area is 437 Å². The molecule has 0 radical (unpaired) electrons. The molecule has 0 saturated heterocycles. The van der Waals surface area contributed by atoms with Crippen LogP contribution in [0.3, 0.4) is 0 Å². The number of aliphatic imine (C=N–C) groups is 1. The zero-order chi connectivity index (χ0) is 53.6. The number of nitrogens with two attached hydrogens (primary N) is 1. The standard InChI is InChI=1S/C50H76N8O17/c1-3-9-58(75-4-2)47(63)38-30-40-41(55-42(51)32-38)31-39(33-54-40)46(62)56-50-35-49(36-50,37-50)48(64)53-8-11-66-13-15-68-17-19-70-21-23-72-25-27-74-29-28-73-26-24-71-22-20-69-18-16-67-14-12-65-10-7-52-43(59)34-57-44(60)5-6-45(57)61/h5-6,30-31,33H,3-4,7-29,32,34-37H2,1-2H3,(H2,51,55)(H,52,59)(H,53,64)(H,56,62). The molecule has 3 aliphatic carbocycles. The van der Waals surface area contributed by atoms with Crippen LogP contribution in [0.15, 0.2) is 35.0 Å². The van der Waals surface area contributed by atoms with Crippen molar-refractivity contribution in [1.82, 2.24) is 30.9 Å². The molecule has 418 valence electrons. The predicted octanol–water partition coefficient (Wildman–Crippen LogP) is 0.0234. The Morgan fingerprint density at radius 1 is 0.667 bits per heavy atom. The molecule has 5 aliphatic rings. The summed E-state index contributed by atoms with van der Waals surface area (Å²) in [6, 6.07) is 1.61. The average molecular weight is 1060 g/mol. The molecular weight excluding hydrogens is 985 g/mol. The SMILES string of the molecule is CCCN(OCC)C(=O)C1=Cc2ncc(C(=O)NC34CC(C(=O)NCCOCCOCCOCCOCCOCCOCCOCCOCCOCCOCCNC(=O)CN5C(=O)C=CC5=O)(C3)C4)cc2N=C(N)C1. The van der Waals surface area contributed by atoms with Crippen molar-refractivity contribution in [2.75, 3.05) is 165 Å². The molecule has 1 aromatic heterocycles. The van der Waals surface area contributed by atoms with Crippen LogP contribution in [0.1, 0.15) is 62.0 Å². The van der Waals surface area contributed by atoms with Gasteiger partial charge in [-0.25, -0.2) is 10.1 Å². The van der Waals surface area contributed by atoms with Crippen molar-refractivity contribution < 1.29 is 81.0 Å². The number of ether oxygens (including phenoxy) is 10. The second kappa shape index (κ2) is 33.7. The number of amidine groups is 1. The molecule has 25 nitrogen and oxygen atoms in total. The number of fused-ring (bicyclic) bond motifs is 1. The minimum Gasteiger partial charge on any atom is -0.387 e. The third-order valence-corrected chi connectivity index (χ3v) is 11.9. The molecule has 3 fully saturated rings. The first kappa shape index (κ1) is 60.5. The second-order valence-corrected chi connectivity index (χ2v) is 17.8. The first-order chi connectivity index (χ1) is 36.5. The Morgan fingerprint density at radius 3 is 1.57 bits per heavy atom. The minimum atomic E-state index is -0.500. The molecule has 3 saturated carbocycles. The summed E-state index contributed by atoms with van der Waals surface area (Å²) in [4.78, 5) is 89.4. The van der Waals surface area contributed by atoms with Crippen molar-refractivity contribution in [3.8, 4) is 0 Å². The van der Waals surface area contributed by atoms with Gasteiger partial charge in [-0.05, 0) is 44.7 Å². The molecule has 0 unspecified atom stereocenters. The smallest absolute Gasteiger partial charge is 0.273 e. The second-order valence-electron chi connectivity index (χ2n) is 17.8. The number of nitrogens with zero attached hydrogens (tertiary/aromatic N) is 4. The number of nitrogens with one attached hydrogen (secondary N) is 3. The number of rotatable bonds is 43. The third-order valence-electron chi connectivity index (χ3n) is 11.9. The molecule has 75 heavy (non-hydrogen) atoms. The van der Waals surface area contributed by atoms with Crippen LogP contribution in [0.4, 0.5) is 5.69 Å². The van der Waals surface area contributed by atoms with Crippen molar-refractivity contribution in [3.63, 3.8) is 0 Å². The van der Waals surface area contributed by atoms with Crippen LogP contribution >= 0.6 is 0 Å². The van der Waals surface area contributed by atoms with Crippen molar-refractivity contribution in [2.24, 2.45) is 16.1 Å². The van der Waals surface area contributed by atoms with Gasteiger partial charge in [0.1, 0.15) is 12.4 Å². The lowest BCUT2D eigenvalue weighted by Gasteiger charge is -2.69. The fraction of sp³-hybridized carbons (Fsp3) is 0.680. The quantitative estimate of drug-likeness (QED) is 0.0381. The summed E-state index contributed by atoms with van der Waals surface area (Å²) in [5.41, 5.74) is 6.80. The van der Waals surface area contributed by atoms with Crippen molar-refractivity contribution in [1.29, 1.82) is 0 Å². The van der Waals surface area contributed by atoms with Crippen LogP contribution in [0, 0.1) is 5.41 Å². The van der Waals surface area contributed by atoms with Gasteiger partial charge in [-0.3, -0.25) is 43.5 Å². The van der Waals surface area contributed by atoms with E-state index in [1.807, 2.05) is 13.8 Å². The molecule has 6 amide bonds. The number of hydroxylamine groups is 2. The highest BCUT2D eigenvalue weighted by Crippen LogP contribution is 2.67. The van der Waals surface area contributed by atoms with Crippen LogP contribution in [-0.4, -0.2) is 227 Å². The van der Waals surface area contributed by atoms with Gasteiger partial charge in [-0.1, -0.05) is 6.92 Å². The van der Waals surface area contributed by atoms with Gasteiger partial charge < -0.3 is 69.1 Å². The number of imide groups is 1. The summed E-state index contributed by atoms with van der Waals surface area (Å²) in [5, 5.41) is 9.96. The molecule has 25 heteroatoms. The number of hydrogen-bond donors (Lipinski definition) is 4. The van der Waals surface area contributed by atoms with E-state index in [0.29, 0.717) is 187 Å². The van der Waals surface area contributed by atoms with E-state index >= 15 is 0 Å². The fourth-order valence-electron chi connectivity index (χ4n) is 8.30. The highest BCUT2D eigenvalue weighted by atomic mass is 16.7. The van der Waals surface area contributed by atoms with Crippen LogP contribution in [-0.2, 0) is 76.2 Å². The van der Waals surface area contributed by atoms with E-state index < -0.39 is 28.7 Å². The maximum atomic E-state index is 13.3. The topological polar surface area (TPSA) is 298 Å². The van der Waals surface area contributed by atoms with Crippen LogP contribution in [0.5, 0.6) is 0 Å². The van der Waals surface area contributed by atoms with E-state index in [0.717, 1.165) is 23.5 Å². The Balaban J connectivity index is 0.722. The van der Waals surface area contributed by atoms with Crippen molar-refractivity contribution >= 4 is 53.0 Å². The number of aromatic nitrogens is 1. The van der Waals surface area contributed by atoms with Gasteiger partial charge in [0.05, 0.1) is 161 Å². The van der Waals surface area contributed by atoms with Crippen LogP contribution < -0.4 is 21.7 Å². The van der Waals surface area contributed by atoms with Gasteiger partial charge in [-0.15, -0.1) is 0 Å². The van der Waals surface area contributed by atoms with E-state index in [9.17, 15) is 28.8 Å². The molecule has 1 aromatic rings. The lowest BCUT2D eigenvalue weighted by atomic mass is 9.39. The maximum absolute atomic E-state index is 13.3. The Bertz CT molecular complexity index is 2050. The van der Waals surface area contributed by atoms with Crippen molar-refractivity contribution in [2.45, 2.75) is 51.5 Å². The number of pyridine rings is 1. The largest absolute Gasteiger partial charge is 0.387 e. The van der Waals surface area contributed by atoms with Gasteiger partial charge >= 0.3 is 0 Å². The van der Waals surface area contributed by atoms with E-state index in [-0.39, 0.29) is 49.7 Å². The number of amides is 6. The molecule has 5 N–H and O–H groups in total. The van der Waals surface area contributed by atoms with E-state index in [1.54, 1.807) is 12.1 Å². The third kappa shape index (κ3) is 21.0. The molecule has 3 heterocycles. The lowest BCUT2D eigenvalue weighted by molar-refractivity contribution is -0.180. The van der Waals surface area contributed by atoms with Crippen LogP contribution in [0.25, 0.3) is 6.08 Å². The minimum absolute atomic E-state index is 0.0385. The lowest BCUT2D eigenvalue weighted by Crippen LogP contribution is -2.78. The summed E-state index contributed by atoms with van der Waals surface area (Å²) in [7, 11) is 0. The summed E-state index contributed by atoms with van der Waals surface area (Å²) in [6.07, 6.45) is 7.88. The molecule has 0 spiro atoms. The summed E-state index contributed by atoms with van der Waals surface area (Å²) in [6.45, 7) is 13.0. The van der Waals surface area contributed by atoms with Crippen LogP contribution in [0.2, 0.25) is 0 Å². The predicted molar refractivity (Wildman–Crippen MR) is 268 cm³/mol. The first-order valence-corrected chi connectivity index (χ1v) is 25.6. The van der Waals surface area contributed by atoms with Gasteiger partial charge in [-0.2, -0.15) is 0 Å². The van der Waals surface area contributed by atoms with E-state index in [2.05, 4.69) is 25.9 Å². The number of hydrogen-bond acceptors (Lipinski definition) is 20. The molecule has 0 atom stereocenters. The summed E-state index contributed by atoms with van der Waals surface area (Å²) < 4.78 is 55.0. The van der Waals surface area contributed by atoms with E-state index in [1.165, 1.54) is 11.3 Å². The molecule has 0 aromatic carbocycles. The average Bonchev–Trinajstić information content (AvgIpc) is 3.59. The maximum Gasteiger partial charge on any atom is 0.273 e. The Kier molecular flexibility index (Phi) is 27.2. The molecular formula is C50H76N8O17.